The van der Waals surface area contributed by atoms with E-state index >= 15 is 0 Å². The molecule has 0 unspecified atom stereocenters. The van der Waals surface area contributed by atoms with Crippen LogP contribution in [0.25, 0.3) is 11.1 Å². The minimum atomic E-state index is -0.248. The Morgan fingerprint density at radius 1 is 1.00 bits per heavy atom. The second-order valence-corrected chi connectivity index (χ2v) is 8.07. The molecule has 0 aliphatic carbocycles. The number of hydrogen-bond acceptors (Lipinski definition) is 4. The molecule has 0 atom stereocenters. The normalized spacial score (nSPS) is 13.2. The molecule has 1 aliphatic heterocycles. The summed E-state index contributed by atoms with van der Waals surface area (Å²) in [6, 6.07) is 21.8. The second-order valence-electron chi connectivity index (χ2n) is 7.07. The molecule has 1 aliphatic rings. The van der Waals surface area contributed by atoms with Crippen molar-refractivity contribution in [3.8, 4) is 11.1 Å². The monoisotopic (exact) mass is 400 g/mol. The molecule has 1 amide bonds. The van der Waals surface area contributed by atoms with Crippen LogP contribution in [-0.2, 0) is 13.0 Å². The van der Waals surface area contributed by atoms with Crippen LogP contribution in [0.3, 0.4) is 0 Å². The van der Waals surface area contributed by atoms with Gasteiger partial charge < -0.3 is 14.6 Å². The van der Waals surface area contributed by atoms with Crippen LogP contribution >= 0.6 is 11.3 Å². The molecular weight excluding hydrogens is 380 g/mol. The lowest BCUT2D eigenvalue weighted by Crippen LogP contribution is -2.29. The fraction of sp³-hybridized carbons (Fsp3) is 0.125. The highest BCUT2D eigenvalue weighted by molar-refractivity contribution is 7.10. The Kier molecular flexibility index (Phi) is 4.66. The topological polar surface area (TPSA) is 45.5 Å². The first-order valence-electron chi connectivity index (χ1n) is 9.62. The molecule has 0 radical (unpaired) electrons. The number of benzene rings is 2. The highest BCUT2D eigenvalue weighted by Crippen LogP contribution is 2.29. The number of anilines is 2. The van der Waals surface area contributed by atoms with Crippen molar-refractivity contribution in [2.75, 3.05) is 16.8 Å². The van der Waals surface area contributed by atoms with Gasteiger partial charge in [-0.3, -0.25) is 4.79 Å². The third-order valence-corrected chi connectivity index (χ3v) is 6.28. The van der Waals surface area contributed by atoms with Crippen LogP contribution in [0.15, 0.2) is 82.8 Å². The van der Waals surface area contributed by atoms with E-state index < -0.39 is 0 Å². The maximum atomic E-state index is 12.7. The summed E-state index contributed by atoms with van der Waals surface area (Å²) in [5.74, 6) is 0.0729. The van der Waals surface area contributed by atoms with Gasteiger partial charge in [-0.1, -0.05) is 30.3 Å². The zero-order valence-electron chi connectivity index (χ0n) is 15.8. The van der Waals surface area contributed by atoms with Gasteiger partial charge in [0.25, 0.3) is 5.91 Å². The predicted molar refractivity (Wildman–Crippen MR) is 118 cm³/mol. The number of furan rings is 1. The van der Waals surface area contributed by atoms with E-state index in [2.05, 4.69) is 33.8 Å². The minimum Gasteiger partial charge on any atom is -0.459 e. The molecule has 2 aromatic carbocycles. The Labute approximate surface area is 173 Å². The molecule has 5 heteroatoms. The third kappa shape index (κ3) is 3.57. The number of hydrogen-bond donors (Lipinski definition) is 1. The van der Waals surface area contributed by atoms with Crippen molar-refractivity contribution in [1.82, 2.24) is 0 Å². The van der Waals surface area contributed by atoms with Crippen molar-refractivity contribution in [2.24, 2.45) is 0 Å². The van der Waals surface area contributed by atoms with Gasteiger partial charge in [-0.2, -0.15) is 0 Å². The van der Waals surface area contributed by atoms with Gasteiger partial charge in [0.05, 0.1) is 6.26 Å². The fourth-order valence-electron chi connectivity index (χ4n) is 3.74. The van der Waals surface area contributed by atoms with Crippen LogP contribution in [0.2, 0.25) is 0 Å². The van der Waals surface area contributed by atoms with Gasteiger partial charge in [0.2, 0.25) is 0 Å². The number of amides is 1. The van der Waals surface area contributed by atoms with E-state index in [1.165, 1.54) is 16.1 Å². The van der Waals surface area contributed by atoms with Crippen molar-refractivity contribution in [3.63, 3.8) is 0 Å². The van der Waals surface area contributed by atoms with Gasteiger partial charge in [0.15, 0.2) is 5.76 Å². The minimum absolute atomic E-state index is 0.248. The second kappa shape index (κ2) is 7.60. The number of fused-ring (bicyclic) bond motifs is 1. The van der Waals surface area contributed by atoms with Gasteiger partial charge >= 0.3 is 0 Å². The van der Waals surface area contributed by atoms with E-state index in [0.29, 0.717) is 5.76 Å². The third-order valence-electron chi connectivity index (χ3n) is 5.25. The van der Waals surface area contributed by atoms with Crippen molar-refractivity contribution < 1.29 is 9.21 Å². The van der Waals surface area contributed by atoms with Crippen molar-refractivity contribution in [2.45, 2.75) is 13.0 Å². The Morgan fingerprint density at radius 3 is 2.66 bits per heavy atom. The Morgan fingerprint density at radius 2 is 1.83 bits per heavy atom. The van der Waals surface area contributed by atoms with Crippen molar-refractivity contribution in [3.05, 3.63) is 94.6 Å². The summed E-state index contributed by atoms with van der Waals surface area (Å²) in [4.78, 5) is 16.6. The van der Waals surface area contributed by atoms with E-state index in [1.54, 1.807) is 6.26 Å². The Bertz CT molecular complexity index is 1130. The maximum absolute atomic E-state index is 12.7. The van der Waals surface area contributed by atoms with Crippen molar-refractivity contribution in [1.29, 1.82) is 0 Å². The molecule has 0 fully saturated rings. The SMILES string of the molecule is O=C(Nc1ccc(N2CCc3sccc3C2)cc1)c1occc1-c1ccccc1. The van der Waals surface area contributed by atoms with E-state index in [9.17, 15) is 4.79 Å². The zero-order valence-corrected chi connectivity index (χ0v) is 16.6. The van der Waals surface area contributed by atoms with Crippen LogP contribution in [0.4, 0.5) is 11.4 Å². The average molecular weight is 401 g/mol. The Hall–Kier alpha value is -3.31. The molecule has 0 bridgehead atoms. The van der Waals surface area contributed by atoms with Crippen LogP contribution in [-0.4, -0.2) is 12.5 Å². The first-order valence-corrected chi connectivity index (χ1v) is 10.5. The van der Waals surface area contributed by atoms with Crippen LogP contribution in [0.5, 0.6) is 0 Å². The molecule has 5 rings (SSSR count). The fourth-order valence-corrected chi connectivity index (χ4v) is 4.63. The lowest BCUT2D eigenvalue weighted by Gasteiger charge is -2.29. The quantitative estimate of drug-likeness (QED) is 0.469. The molecule has 4 aromatic rings. The number of carbonyl (C=O) groups is 1. The van der Waals surface area contributed by atoms with Gasteiger partial charge in [-0.15, -0.1) is 11.3 Å². The molecule has 29 heavy (non-hydrogen) atoms. The summed E-state index contributed by atoms with van der Waals surface area (Å²) in [6.45, 7) is 1.96. The van der Waals surface area contributed by atoms with Crippen LogP contribution in [0.1, 0.15) is 21.0 Å². The number of carbonyl (C=O) groups excluding carboxylic acids is 1. The molecule has 4 nitrogen and oxygen atoms in total. The highest BCUT2D eigenvalue weighted by atomic mass is 32.1. The first kappa shape index (κ1) is 17.8. The highest BCUT2D eigenvalue weighted by Gasteiger charge is 2.19. The molecule has 2 aromatic heterocycles. The zero-order chi connectivity index (χ0) is 19.6. The average Bonchev–Trinajstić information content (AvgIpc) is 3.44. The molecule has 144 valence electrons. The van der Waals surface area contributed by atoms with E-state index in [1.807, 2.05) is 59.9 Å². The lowest BCUT2D eigenvalue weighted by atomic mass is 10.1. The summed E-state index contributed by atoms with van der Waals surface area (Å²) in [6.07, 6.45) is 2.64. The van der Waals surface area contributed by atoms with Crippen LogP contribution in [0, 0.1) is 0 Å². The molecular formula is C24H20N2O2S. The van der Waals surface area contributed by atoms with E-state index in [-0.39, 0.29) is 5.91 Å². The van der Waals surface area contributed by atoms with Gasteiger partial charge in [-0.25, -0.2) is 0 Å². The summed E-state index contributed by atoms with van der Waals surface area (Å²) in [5.41, 5.74) is 5.09. The van der Waals surface area contributed by atoms with Gasteiger partial charge in [0.1, 0.15) is 0 Å². The van der Waals surface area contributed by atoms with Gasteiger partial charge in [-0.05, 0) is 59.3 Å². The molecule has 0 saturated heterocycles. The summed E-state index contributed by atoms with van der Waals surface area (Å²) in [7, 11) is 0. The van der Waals surface area contributed by atoms with Crippen molar-refractivity contribution >= 4 is 28.6 Å². The van der Waals surface area contributed by atoms with Gasteiger partial charge in [0, 0.05) is 34.9 Å². The summed E-state index contributed by atoms with van der Waals surface area (Å²) < 4.78 is 5.48. The number of nitrogens with zero attached hydrogens (tertiary/aromatic N) is 1. The number of thiophene rings is 1. The molecule has 3 heterocycles. The maximum Gasteiger partial charge on any atom is 0.292 e. The summed E-state index contributed by atoms with van der Waals surface area (Å²) in [5, 5.41) is 5.12. The van der Waals surface area contributed by atoms with Crippen LogP contribution < -0.4 is 10.2 Å². The molecule has 1 N–H and O–H groups in total. The molecule has 0 spiro atoms. The first-order chi connectivity index (χ1) is 14.3. The Balaban J connectivity index is 1.30. The molecule has 0 saturated carbocycles. The largest absolute Gasteiger partial charge is 0.459 e. The summed E-state index contributed by atoms with van der Waals surface area (Å²) >= 11 is 1.85. The van der Waals surface area contributed by atoms with E-state index in [0.717, 1.165) is 36.3 Å². The smallest absolute Gasteiger partial charge is 0.292 e. The lowest BCUT2D eigenvalue weighted by molar-refractivity contribution is 0.0997. The van der Waals surface area contributed by atoms with E-state index in [4.69, 9.17) is 4.42 Å². The standard InChI is InChI=1S/C24H20N2O2S/c27-24(23-21(11-14-28-23)17-4-2-1-3-5-17)25-19-6-8-20(9-7-19)26-13-10-22-18(16-26)12-15-29-22/h1-9,11-12,14-15H,10,13,16H2,(H,25,27). The number of rotatable bonds is 4. The number of nitrogens with one attached hydrogen (secondary N) is 1. The predicted octanol–water partition coefficient (Wildman–Crippen LogP) is 5.82.